The molecule has 3 aromatic heterocycles. The van der Waals surface area contributed by atoms with Gasteiger partial charge in [-0.25, -0.2) is 0 Å². The standard InChI is InChI=1S/C36H34N2S/c1-35(2,3)29-21-37(31-13-9-7-11-25(29)31)23-15-17-33-27(19-23)28-20-24(16-18-34(28)39-33)38-22-30(36(4,5)6)26-12-8-10-14-32(26)38/h7-22H,1-6H3/i7D,8D,9D,10D,11D,12D,13D,14D,21D,22D. The molecular formula is C36H34N2S. The van der Waals surface area contributed by atoms with Crippen molar-refractivity contribution in [2.75, 3.05) is 0 Å². The summed E-state index contributed by atoms with van der Waals surface area (Å²) < 4.78 is 92.4. The summed E-state index contributed by atoms with van der Waals surface area (Å²) in [7, 11) is 0. The smallest absolute Gasteiger partial charge is 0.0826 e. The number of fused-ring (bicyclic) bond motifs is 5. The molecular weight excluding hydrogens is 492 g/mol. The predicted octanol–water partition coefficient (Wildman–Crippen LogP) is 10.5. The van der Waals surface area contributed by atoms with Crippen molar-refractivity contribution in [3.8, 4) is 11.4 Å². The molecule has 2 nitrogen and oxygen atoms in total. The van der Waals surface area contributed by atoms with Crippen LogP contribution in [0.25, 0.3) is 53.4 Å². The van der Waals surface area contributed by atoms with E-state index in [2.05, 4.69) is 0 Å². The van der Waals surface area contributed by atoms with Crippen LogP contribution >= 0.6 is 11.3 Å². The van der Waals surface area contributed by atoms with Gasteiger partial charge < -0.3 is 9.13 Å². The van der Waals surface area contributed by atoms with Gasteiger partial charge in [0, 0.05) is 54.7 Å². The molecule has 0 saturated carbocycles. The van der Waals surface area contributed by atoms with Crippen molar-refractivity contribution < 1.29 is 13.7 Å². The molecule has 0 aliphatic rings. The van der Waals surface area contributed by atoms with Gasteiger partial charge in [-0.3, -0.25) is 0 Å². The van der Waals surface area contributed by atoms with Gasteiger partial charge in [0.25, 0.3) is 0 Å². The Kier molecular flexibility index (Phi) is 3.35. The van der Waals surface area contributed by atoms with E-state index in [0.29, 0.717) is 33.3 Å². The third-order valence-electron chi connectivity index (χ3n) is 7.18. The molecule has 0 saturated heterocycles. The third kappa shape index (κ3) is 3.83. The number of aromatic nitrogens is 2. The molecule has 0 unspecified atom stereocenters. The average Bonchev–Trinajstić information content (AvgIpc) is 3.66. The van der Waals surface area contributed by atoms with Crippen LogP contribution in [0.3, 0.4) is 0 Å². The highest BCUT2D eigenvalue weighted by Crippen LogP contribution is 2.40. The molecule has 0 aliphatic carbocycles. The molecule has 0 spiro atoms. The summed E-state index contributed by atoms with van der Waals surface area (Å²) in [6, 6.07) is 9.30. The van der Waals surface area contributed by atoms with E-state index in [1.165, 1.54) is 0 Å². The van der Waals surface area contributed by atoms with Crippen LogP contribution in [0, 0.1) is 0 Å². The zero-order valence-corrected chi connectivity index (χ0v) is 23.6. The predicted molar refractivity (Wildman–Crippen MR) is 170 cm³/mol. The highest BCUT2D eigenvalue weighted by molar-refractivity contribution is 7.25. The van der Waals surface area contributed by atoms with E-state index < -0.39 is 10.8 Å². The lowest BCUT2D eigenvalue weighted by molar-refractivity contribution is 0.594. The lowest BCUT2D eigenvalue weighted by atomic mass is 9.87. The highest BCUT2D eigenvalue weighted by Gasteiger charge is 2.22. The van der Waals surface area contributed by atoms with Crippen LogP contribution in [0.4, 0.5) is 0 Å². The van der Waals surface area contributed by atoms with Gasteiger partial charge >= 0.3 is 0 Å². The van der Waals surface area contributed by atoms with Crippen LogP contribution < -0.4 is 0 Å². The summed E-state index contributed by atoms with van der Waals surface area (Å²) in [6.07, 6.45) is 0.186. The molecule has 3 heteroatoms. The zero-order valence-electron chi connectivity index (χ0n) is 32.8. The lowest BCUT2D eigenvalue weighted by Gasteiger charge is -2.17. The quantitative estimate of drug-likeness (QED) is 0.208. The van der Waals surface area contributed by atoms with Crippen molar-refractivity contribution >= 4 is 53.3 Å². The molecule has 0 N–H and O–H groups in total. The number of nitrogens with zero attached hydrogens (tertiary/aromatic N) is 2. The minimum atomic E-state index is -0.582. The second-order valence-corrected chi connectivity index (χ2v) is 13.1. The van der Waals surface area contributed by atoms with E-state index in [1.807, 2.05) is 77.9 Å². The summed E-state index contributed by atoms with van der Waals surface area (Å²) in [5, 5.41) is 2.37. The van der Waals surface area contributed by atoms with Crippen LogP contribution in [-0.2, 0) is 10.8 Å². The van der Waals surface area contributed by atoms with Crippen molar-refractivity contribution in [3.05, 3.63) is 108 Å². The molecule has 0 amide bonds. The summed E-state index contributed by atoms with van der Waals surface area (Å²) in [6.45, 7) is 11.6. The molecule has 4 aromatic carbocycles. The first-order valence-electron chi connectivity index (χ1n) is 18.0. The molecule has 7 aromatic rings. The Hall–Kier alpha value is -3.82. The van der Waals surface area contributed by atoms with Gasteiger partial charge in [-0.15, -0.1) is 11.3 Å². The van der Waals surface area contributed by atoms with Crippen molar-refractivity contribution in [2.24, 2.45) is 0 Å². The van der Waals surface area contributed by atoms with Crippen LogP contribution in [0.1, 0.15) is 66.4 Å². The molecule has 194 valence electrons. The molecule has 7 rings (SSSR count). The minimum Gasteiger partial charge on any atom is -0.316 e. The fourth-order valence-corrected chi connectivity index (χ4v) is 6.33. The summed E-state index contributed by atoms with van der Waals surface area (Å²) >= 11 is 1.57. The number of para-hydroxylation sites is 2. The maximum Gasteiger partial charge on any atom is 0.0826 e. The van der Waals surface area contributed by atoms with Crippen LogP contribution in [0.2, 0.25) is 0 Å². The van der Waals surface area contributed by atoms with E-state index in [9.17, 15) is 2.74 Å². The van der Waals surface area contributed by atoms with Crippen molar-refractivity contribution in [1.82, 2.24) is 9.13 Å². The largest absolute Gasteiger partial charge is 0.316 e. The molecule has 0 atom stereocenters. The van der Waals surface area contributed by atoms with Gasteiger partial charge in [0.05, 0.1) is 24.7 Å². The molecule has 0 radical (unpaired) electrons. The Morgan fingerprint density at radius 1 is 0.564 bits per heavy atom. The Morgan fingerprint density at radius 3 is 1.38 bits per heavy atom. The molecule has 0 bridgehead atoms. The number of hydrogen-bond acceptors (Lipinski definition) is 1. The van der Waals surface area contributed by atoms with Gasteiger partial charge in [0.2, 0.25) is 0 Å². The van der Waals surface area contributed by atoms with Crippen LogP contribution in [-0.4, -0.2) is 9.13 Å². The van der Waals surface area contributed by atoms with Gasteiger partial charge in [-0.05, 0) is 70.4 Å². The second kappa shape index (κ2) is 8.34. The highest BCUT2D eigenvalue weighted by atomic mass is 32.1. The Balaban J connectivity index is 1.55. The van der Waals surface area contributed by atoms with Gasteiger partial charge in [0.1, 0.15) is 0 Å². The Labute approximate surface area is 248 Å². The van der Waals surface area contributed by atoms with E-state index in [4.69, 9.17) is 11.0 Å². The fraction of sp³-hybridized carbons (Fsp3) is 0.222. The van der Waals surface area contributed by atoms with Gasteiger partial charge in [0.15, 0.2) is 0 Å². The number of rotatable bonds is 2. The van der Waals surface area contributed by atoms with Crippen molar-refractivity contribution in [3.63, 3.8) is 0 Å². The Bertz CT molecular complexity index is 2400. The number of hydrogen-bond donors (Lipinski definition) is 0. The second-order valence-electron chi connectivity index (χ2n) is 12.1. The zero-order chi connectivity index (χ0) is 35.8. The molecule has 0 aliphatic heterocycles. The normalized spacial score (nSPS) is 16.5. The maximum absolute atomic E-state index is 9.30. The Morgan fingerprint density at radius 2 is 0.974 bits per heavy atom. The van der Waals surface area contributed by atoms with Crippen LogP contribution in [0.15, 0.2) is 97.1 Å². The summed E-state index contributed by atoms with van der Waals surface area (Å²) in [5.74, 6) is 0. The SMILES string of the molecule is [2H]c1c([2H])c([2H])c2c(c1[2H])c(C(C)(C)C)c([2H])n2-c1ccc2sc3ccc(-n4c([2H])c(C(C)(C)C)c5c([2H])c([2H])c([2H])c([2H])c54)cc3c2c1. The van der Waals surface area contributed by atoms with E-state index >= 15 is 0 Å². The van der Waals surface area contributed by atoms with Crippen molar-refractivity contribution in [1.29, 1.82) is 0 Å². The van der Waals surface area contributed by atoms with Crippen LogP contribution in [0.5, 0.6) is 0 Å². The van der Waals surface area contributed by atoms with Crippen molar-refractivity contribution in [2.45, 2.75) is 52.4 Å². The van der Waals surface area contributed by atoms with Gasteiger partial charge in [-0.1, -0.05) is 77.8 Å². The van der Waals surface area contributed by atoms with E-state index in [0.717, 1.165) is 20.2 Å². The third-order valence-corrected chi connectivity index (χ3v) is 8.33. The molecule has 39 heavy (non-hydrogen) atoms. The first-order valence-corrected chi connectivity index (χ1v) is 13.8. The summed E-state index contributed by atoms with van der Waals surface area (Å²) in [5.41, 5.74) is 1.56. The summed E-state index contributed by atoms with van der Waals surface area (Å²) in [4.78, 5) is 0. The maximum atomic E-state index is 9.30. The monoisotopic (exact) mass is 536 g/mol. The fourth-order valence-electron chi connectivity index (χ4n) is 5.26. The first-order chi connectivity index (χ1) is 22.8. The minimum absolute atomic E-state index is 0.0931. The number of thiophene rings is 1. The van der Waals surface area contributed by atoms with E-state index in [1.54, 1.807) is 20.5 Å². The average molecular weight is 537 g/mol. The molecule has 3 heterocycles. The number of benzene rings is 4. The molecule has 0 fully saturated rings. The first kappa shape index (κ1) is 15.7. The lowest BCUT2D eigenvalue weighted by Crippen LogP contribution is -2.10. The van der Waals surface area contributed by atoms with E-state index in [-0.39, 0.29) is 71.7 Å². The topological polar surface area (TPSA) is 9.86 Å². The van der Waals surface area contributed by atoms with Gasteiger partial charge in [-0.2, -0.15) is 0 Å².